The Morgan fingerprint density at radius 2 is 0.742 bits per heavy atom. The molecule has 5 nitrogen and oxygen atoms in total. The van der Waals surface area contributed by atoms with Gasteiger partial charge in [-0.05, 0) is 123 Å². The molecule has 0 saturated heterocycles. The highest BCUT2D eigenvalue weighted by Gasteiger charge is 2.20. The normalized spacial score (nSPS) is 11.5. The van der Waals surface area contributed by atoms with Gasteiger partial charge in [0.25, 0.3) is 0 Å². The summed E-state index contributed by atoms with van der Waals surface area (Å²) in [6.07, 6.45) is 3.77. The molecule has 0 aliphatic carbocycles. The molecule has 5 aromatic heterocycles. The van der Waals surface area contributed by atoms with Gasteiger partial charge in [-0.25, -0.2) is 4.98 Å². The van der Waals surface area contributed by atoms with Gasteiger partial charge in [0, 0.05) is 34.4 Å². The van der Waals surface area contributed by atoms with E-state index in [9.17, 15) is 0 Å². The molecule has 12 rings (SSSR count). The van der Waals surface area contributed by atoms with Crippen molar-refractivity contribution < 1.29 is 0 Å². The Kier molecular flexibility index (Phi) is 8.42. The number of fused-ring (bicyclic) bond motifs is 6. The Morgan fingerprint density at radius 3 is 1.26 bits per heavy atom. The Balaban J connectivity index is 1.02. The van der Waals surface area contributed by atoms with Crippen LogP contribution in [0.1, 0.15) is 0 Å². The lowest BCUT2D eigenvalue weighted by Gasteiger charge is -2.14. The quantitative estimate of drug-likeness (QED) is 0.162. The highest BCUT2D eigenvalue weighted by molar-refractivity contribution is 6.11. The molecule has 62 heavy (non-hydrogen) atoms. The van der Waals surface area contributed by atoms with Crippen molar-refractivity contribution in [3.8, 4) is 67.3 Å². The van der Waals surface area contributed by atoms with Gasteiger partial charge in [-0.15, -0.1) is 0 Å². The van der Waals surface area contributed by atoms with Crippen molar-refractivity contribution in [3.05, 3.63) is 225 Å². The molecule has 0 N–H and O–H groups in total. The van der Waals surface area contributed by atoms with Crippen LogP contribution in [0.2, 0.25) is 0 Å². The van der Waals surface area contributed by atoms with Crippen LogP contribution in [-0.4, -0.2) is 24.1 Å². The fraction of sp³-hybridized carbons (Fsp3) is 0. The molecular formula is C57H37N5. The predicted molar refractivity (Wildman–Crippen MR) is 256 cm³/mol. The average Bonchev–Trinajstić information content (AvgIpc) is 3.87. The highest BCUT2D eigenvalue weighted by Crippen LogP contribution is 2.39. The SMILES string of the molecule is c1ccc(-c2cc(-c3ccccc3)cc(-n3c4ccc(-c5ccc6c(c5)c5ncccc5n6-c5cc(-c6ccccc6)cc(-c6ccccc6)n5)cc4c4ncccc43)c2)cc1. The van der Waals surface area contributed by atoms with Gasteiger partial charge in [-0.3, -0.25) is 14.5 Å². The molecular weight excluding hydrogens is 755 g/mol. The molecule has 5 heterocycles. The second-order valence-corrected chi connectivity index (χ2v) is 15.7. The third-order valence-electron chi connectivity index (χ3n) is 12.0. The van der Waals surface area contributed by atoms with E-state index >= 15 is 0 Å². The number of rotatable bonds is 7. The Bertz CT molecular complexity index is 3250. The molecule has 0 fully saturated rings. The van der Waals surface area contributed by atoms with Crippen molar-refractivity contribution in [1.82, 2.24) is 24.1 Å². The van der Waals surface area contributed by atoms with Crippen LogP contribution in [0.15, 0.2) is 225 Å². The average molecular weight is 792 g/mol. The predicted octanol–water partition coefficient (Wildman–Crippen LogP) is 14.4. The largest absolute Gasteiger partial charge is 0.308 e. The molecule has 5 heteroatoms. The standard InChI is InChI=1S/C57H37N5/c1-5-15-38(16-6-1)44-31-45(39-17-7-2-8-18-39)33-47(32-44)61-51-27-25-42(34-48(51)56-53(61)23-13-29-58-56)43-26-28-52-49(35-43)57-54(24-14-30-59-57)62(52)55-37-46(40-19-9-3-10-20-40)36-50(60-55)41-21-11-4-12-22-41/h1-37H. The van der Waals surface area contributed by atoms with Crippen LogP contribution in [0.5, 0.6) is 0 Å². The van der Waals surface area contributed by atoms with Gasteiger partial charge in [-0.2, -0.15) is 0 Å². The molecule has 7 aromatic carbocycles. The lowest BCUT2D eigenvalue weighted by Crippen LogP contribution is -2.00. The first-order valence-electron chi connectivity index (χ1n) is 20.9. The molecule has 0 amide bonds. The van der Waals surface area contributed by atoms with Gasteiger partial charge < -0.3 is 4.57 Å². The molecule has 0 spiro atoms. The van der Waals surface area contributed by atoms with Crippen LogP contribution in [0, 0.1) is 0 Å². The van der Waals surface area contributed by atoms with Crippen molar-refractivity contribution in [3.63, 3.8) is 0 Å². The summed E-state index contributed by atoms with van der Waals surface area (Å²) >= 11 is 0. The van der Waals surface area contributed by atoms with E-state index in [1.54, 1.807) is 0 Å². The van der Waals surface area contributed by atoms with Crippen LogP contribution in [-0.2, 0) is 0 Å². The summed E-state index contributed by atoms with van der Waals surface area (Å²) in [6, 6.07) is 75.3. The topological polar surface area (TPSA) is 48.5 Å². The van der Waals surface area contributed by atoms with Crippen molar-refractivity contribution in [1.29, 1.82) is 0 Å². The third-order valence-corrected chi connectivity index (χ3v) is 12.0. The smallest absolute Gasteiger partial charge is 0.138 e. The number of nitrogens with zero attached hydrogens (tertiary/aromatic N) is 5. The monoisotopic (exact) mass is 791 g/mol. The lowest BCUT2D eigenvalue weighted by molar-refractivity contribution is 1.08. The van der Waals surface area contributed by atoms with Crippen LogP contribution in [0.25, 0.3) is 111 Å². The summed E-state index contributed by atoms with van der Waals surface area (Å²) in [5.41, 5.74) is 18.3. The summed E-state index contributed by atoms with van der Waals surface area (Å²) in [7, 11) is 0. The zero-order valence-electron chi connectivity index (χ0n) is 33.6. The zero-order valence-corrected chi connectivity index (χ0v) is 33.6. The number of hydrogen-bond donors (Lipinski definition) is 0. The minimum atomic E-state index is 0.845. The van der Waals surface area contributed by atoms with E-state index in [2.05, 4.69) is 203 Å². The maximum absolute atomic E-state index is 5.31. The zero-order chi connectivity index (χ0) is 41.0. The number of hydrogen-bond acceptors (Lipinski definition) is 3. The highest BCUT2D eigenvalue weighted by atomic mass is 15.1. The van der Waals surface area contributed by atoms with E-state index in [1.807, 2.05) is 30.6 Å². The summed E-state index contributed by atoms with van der Waals surface area (Å²) in [5.74, 6) is 0.845. The maximum atomic E-state index is 5.31. The number of pyridine rings is 3. The molecule has 0 bridgehead atoms. The van der Waals surface area contributed by atoms with Crippen molar-refractivity contribution in [2.24, 2.45) is 0 Å². The van der Waals surface area contributed by atoms with Crippen LogP contribution in [0.4, 0.5) is 0 Å². The van der Waals surface area contributed by atoms with Gasteiger partial charge in [0.05, 0.1) is 38.8 Å². The van der Waals surface area contributed by atoms with Crippen molar-refractivity contribution in [2.75, 3.05) is 0 Å². The van der Waals surface area contributed by atoms with E-state index in [4.69, 9.17) is 15.0 Å². The van der Waals surface area contributed by atoms with Crippen LogP contribution < -0.4 is 0 Å². The first-order chi connectivity index (χ1) is 30.7. The Morgan fingerprint density at radius 1 is 0.290 bits per heavy atom. The van der Waals surface area contributed by atoms with Crippen molar-refractivity contribution in [2.45, 2.75) is 0 Å². The Hall–Kier alpha value is -8.41. The van der Waals surface area contributed by atoms with E-state index in [0.717, 1.165) is 100 Å². The van der Waals surface area contributed by atoms with Gasteiger partial charge in [0.15, 0.2) is 0 Å². The second kappa shape index (κ2) is 14.7. The van der Waals surface area contributed by atoms with E-state index in [-0.39, 0.29) is 0 Å². The molecule has 12 aromatic rings. The first kappa shape index (κ1) is 35.5. The lowest BCUT2D eigenvalue weighted by atomic mass is 9.98. The minimum absolute atomic E-state index is 0.845. The summed E-state index contributed by atoms with van der Waals surface area (Å²) < 4.78 is 4.62. The maximum Gasteiger partial charge on any atom is 0.138 e. The van der Waals surface area contributed by atoms with E-state index in [0.29, 0.717) is 0 Å². The van der Waals surface area contributed by atoms with Crippen LogP contribution in [0.3, 0.4) is 0 Å². The first-order valence-corrected chi connectivity index (χ1v) is 20.9. The minimum Gasteiger partial charge on any atom is -0.308 e. The number of benzene rings is 7. The fourth-order valence-corrected chi connectivity index (χ4v) is 9.07. The molecule has 0 aliphatic rings. The summed E-state index contributed by atoms with van der Waals surface area (Å²) in [4.78, 5) is 15.3. The van der Waals surface area contributed by atoms with E-state index < -0.39 is 0 Å². The van der Waals surface area contributed by atoms with Gasteiger partial charge in [0.2, 0.25) is 0 Å². The third kappa shape index (κ3) is 6.06. The van der Waals surface area contributed by atoms with Gasteiger partial charge in [-0.1, -0.05) is 133 Å². The summed E-state index contributed by atoms with van der Waals surface area (Å²) in [5, 5.41) is 2.17. The Labute approximate surface area is 358 Å². The van der Waals surface area contributed by atoms with Gasteiger partial charge in [0.1, 0.15) is 5.82 Å². The molecule has 0 saturated carbocycles. The molecule has 0 atom stereocenters. The fourth-order valence-electron chi connectivity index (χ4n) is 9.07. The molecule has 0 radical (unpaired) electrons. The number of aromatic nitrogens is 5. The van der Waals surface area contributed by atoms with Crippen LogP contribution >= 0.6 is 0 Å². The summed E-state index contributed by atoms with van der Waals surface area (Å²) in [6.45, 7) is 0. The van der Waals surface area contributed by atoms with Crippen molar-refractivity contribution >= 4 is 43.9 Å². The second-order valence-electron chi connectivity index (χ2n) is 15.7. The molecule has 290 valence electrons. The molecule has 0 aliphatic heterocycles. The van der Waals surface area contributed by atoms with E-state index in [1.165, 1.54) is 11.1 Å². The van der Waals surface area contributed by atoms with Gasteiger partial charge >= 0.3 is 0 Å². The molecule has 0 unspecified atom stereocenters.